The molecule has 1 saturated heterocycles. The van der Waals surface area contributed by atoms with Crippen molar-refractivity contribution in [2.24, 2.45) is 0 Å². The Morgan fingerprint density at radius 1 is 1.12 bits per heavy atom. The van der Waals surface area contributed by atoms with E-state index in [1.165, 1.54) is 18.4 Å². The molecular weight excluding hydrogens is 418 g/mol. The number of rotatable bonds is 9. The van der Waals surface area contributed by atoms with Crippen LogP contribution in [0.4, 0.5) is 0 Å². The average molecular weight is 456 g/mol. The topological polar surface area (TPSA) is 43.7 Å². The van der Waals surface area contributed by atoms with Crippen LogP contribution in [0.5, 0.6) is 5.75 Å². The van der Waals surface area contributed by atoms with Crippen molar-refractivity contribution in [3.8, 4) is 18.1 Å². The number of phenolic OH excluding ortho intramolecular Hbond substituents is 1. The van der Waals surface area contributed by atoms with E-state index in [0.29, 0.717) is 18.8 Å². The Kier molecular flexibility index (Phi) is 9.76. The molecule has 2 aromatic rings. The first kappa shape index (κ1) is 25.6. The number of nitrogens with zero attached hydrogens (tertiary/aromatic N) is 1. The summed E-state index contributed by atoms with van der Waals surface area (Å²) in [6, 6.07) is 16.3. The highest BCUT2D eigenvalue weighted by Crippen LogP contribution is 2.36. The summed E-state index contributed by atoms with van der Waals surface area (Å²) in [5.74, 6) is 3.50. The molecule has 1 aliphatic heterocycles. The highest BCUT2D eigenvalue weighted by Gasteiger charge is 2.20. The molecule has 0 aromatic heterocycles. The Morgan fingerprint density at radius 2 is 1.85 bits per heavy atom. The third kappa shape index (κ3) is 6.50. The normalized spacial score (nSPS) is 16.5. The second-order valence-corrected chi connectivity index (χ2v) is 8.83. The Bertz CT molecular complexity index is 1060. The van der Waals surface area contributed by atoms with Crippen molar-refractivity contribution >= 4 is 5.57 Å². The van der Waals surface area contributed by atoms with Gasteiger partial charge in [-0.1, -0.05) is 61.4 Å². The Labute approximate surface area is 205 Å². The summed E-state index contributed by atoms with van der Waals surface area (Å²) in [6.07, 6.45) is 15.2. The number of terminal acetylenes is 1. The van der Waals surface area contributed by atoms with E-state index < -0.39 is 0 Å². The first-order chi connectivity index (χ1) is 16.6. The second kappa shape index (κ2) is 13.0. The smallest absolute Gasteiger partial charge is 0.116 e. The molecule has 0 amide bonds. The SMILES string of the molecule is C#C/C=C(\C=C/C)C(/CCCO)=C(\c1ccc(C2CCN(CC)CC2)cc1)c1cccc(O)c1. The van der Waals surface area contributed by atoms with Gasteiger partial charge in [0.1, 0.15) is 5.75 Å². The van der Waals surface area contributed by atoms with Gasteiger partial charge in [-0.05, 0) is 110 Å². The quantitative estimate of drug-likeness (QED) is 0.344. The lowest BCUT2D eigenvalue weighted by Gasteiger charge is -2.31. The number of aliphatic hydroxyl groups excluding tert-OH is 1. The molecule has 0 radical (unpaired) electrons. The fourth-order valence-electron chi connectivity index (χ4n) is 4.86. The van der Waals surface area contributed by atoms with Gasteiger partial charge in [-0.25, -0.2) is 0 Å². The predicted molar refractivity (Wildman–Crippen MR) is 143 cm³/mol. The lowest BCUT2D eigenvalue weighted by molar-refractivity contribution is 0.222. The van der Waals surface area contributed by atoms with E-state index in [2.05, 4.69) is 42.0 Å². The van der Waals surface area contributed by atoms with Crippen molar-refractivity contribution in [3.05, 3.63) is 94.6 Å². The standard InChI is InChI=1S/C31H37NO2/c1-4-9-26(10-5-2)30(13-8-22-33)31(28-11-7-12-29(34)23-28)27-16-14-24(15-17-27)25-18-20-32(6-3)21-19-25/h1,5,7,9-12,14-17,23,25,33-34H,6,8,13,18-22H2,2-3H3/b10-5-,26-9+,31-30+. The van der Waals surface area contributed by atoms with E-state index >= 15 is 0 Å². The molecule has 34 heavy (non-hydrogen) atoms. The van der Waals surface area contributed by atoms with Crippen LogP contribution in [0.25, 0.3) is 5.57 Å². The summed E-state index contributed by atoms with van der Waals surface area (Å²) >= 11 is 0. The van der Waals surface area contributed by atoms with Gasteiger partial charge in [0.25, 0.3) is 0 Å². The minimum absolute atomic E-state index is 0.103. The molecule has 0 saturated carbocycles. The van der Waals surface area contributed by atoms with Gasteiger partial charge in [-0.15, -0.1) is 6.42 Å². The van der Waals surface area contributed by atoms with E-state index in [0.717, 1.165) is 47.5 Å². The summed E-state index contributed by atoms with van der Waals surface area (Å²) in [7, 11) is 0. The third-order valence-corrected chi connectivity index (χ3v) is 6.66. The highest BCUT2D eigenvalue weighted by molar-refractivity contribution is 5.86. The largest absolute Gasteiger partial charge is 0.508 e. The summed E-state index contributed by atoms with van der Waals surface area (Å²) in [6.45, 7) is 7.75. The first-order valence-electron chi connectivity index (χ1n) is 12.4. The van der Waals surface area contributed by atoms with Crippen molar-refractivity contribution < 1.29 is 10.2 Å². The van der Waals surface area contributed by atoms with Crippen molar-refractivity contribution in [1.29, 1.82) is 0 Å². The zero-order valence-corrected chi connectivity index (χ0v) is 20.5. The molecule has 2 N–H and O–H groups in total. The van der Waals surface area contributed by atoms with Gasteiger partial charge in [-0.2, -0.15) is 0 Å². The number of aromatic hydroxyl groups is 1. The number of phenols is 1. The number of aliphatic hydroxyl groups is 1. The summed E-state index contributed by atoms with van der Waals surface area (Å²) < 4.78 is 0. The summed E-state index contributed by atoms with van der Waals surface area (Å²) in [5.41, 5.74) is 6.47. The maximum Gasteiger partial charge on any atom is 0.116 e. The molecule has 0 unspecified atom stereocenters. The van der Waals surface area contributed by atoms with Gasteiger partial charge < -0.3 is 15.1 Å². The minimum atomic E-state index is 0.103. The van der Waals surface area contributed by atoms with Crippen molar-refractivity contribution in [2.75, 3.05) is 26.2 Å². The van der Waals surface area contributed by atoms with Crippen LogP contribution in [0, 0.1) is 12.3 Å². The number of allylic oxidation sites excluding steroid dienone is 5. The fraction of sp³-hybridized carbons (Fsp3) is 0.355. The number of hydrogen-bond acceptors (Lipinski definition) is 3. The molecule has 3 rings (SSSR count). The van der Waals surface area contributed by atoms with E-state index in [1.54, 1.807) is 18.2 Å². The first-order valence-corrected chi connectivity index (χ1v) is 12.4. The third-order valence-electron chi connectivity index (χ3n) is 6.66. The van der Waals surface area contributed by atoms with E-state index in [1.807, 2.05) is 31.2 Å². The molecule has 3 nitrogen and oxygen atoms in total. The Balaban J connectivity index is 2.10. The van der Waals surface area contributed by atoms with E-state index in [-0.39, 0.29) is 12.4 Å². The van der Waals surface area contributed by atoms with Crippen molar-refractivity contribution in [2.45, 2.75) is 45.4 Å². The van der Waals surface area contributed by atoms with Crippen molar-refractivity contribution in [3.63, 3.8) is 0 Å². The van der Waals surface area contributed by atoms with Crippen LogP contribution in [0.2, 0.25) is 0 Å². The van der Waals surface area contributed by atoms with Gasteiger partial charge in [0.15, 0.2) is 0 Å². The summed E-state index contributed by atoms with van der Waals surface area (Å²) in [4.78, 5) is 2.52. The Morgan fingerprint density at radius 3 is 2.44 bits per heavy atom. The fourth-order valence-corrected chi connectivity index (χ4v) is 4.86. The molecule has 3 heteroatoms. The number of piperidine rings is 1. The lowest BCUT2D eigenvalue weighted by Crippen LogP contribution is -2.32. The average Bonchev–Trinajstić information content (AvgIpc) is 2.87. The molecule has 178 valence electrons. The van der Waals surface area contributed by atoms with Crippen LogP contribution in [-0.4, -0.2) is 41.4 Å². The van der Waals surface area contributed by atoms with Gasteiger partial charge in [-0.3, -0.25) is 0 Å². The van der Waals surface area contributed by atoms with Crippen molar-refractivity contribution in [1.82, 2.24) is 4.90 Å². The van der Waals surface area contributed by atoms with E-state index in [9.17, 15) is 10.2 Å². The number of hydrogen-bond donors (Lipinski definition) is 2. The maximum absolute atomic E-state index is 10.2. The van der Waals surface area contributed by atoms with Gasteiger partial charge in [0, 0.05) is 6.61 Å². The molecule has 0 atom stereocenters. The number of likely N-dealkylation sites (tertiary alicyclic amines) is 1. The molecular formula is C31H37NO2. The Hall–Kier alpha value is -3.06. The number of benzene rings is 2. The predicted octanol–water partition coefficient (Wildman–Crippen LogP) is 6.30. The second-order valence-electron chi connectivity index (χ2n) is 8.83. The van der Waals surface area contributed by atoms with Crippen LogP contribution >= 0.6 is 0 Å². The van der Waals surface area contributed by atoms with Crippen LogP contribution < -0.4 is 0 Å². The molecule has 1 aliphatic rings. The molecule has 1 fully saturated rings. The lowest BCUT2D eigenvalue weighted by atomic mass is 9.84. The molecule has 2 aromatic carbocycles. The van der Waals surface area contributed by atoms with Crippen LogP contribution in [0.3, 0.4) is 0 Å². The zero-order valence-electron chi connectivity index (χ0n) is 20.5. The van der Waals surface area contributed by atoms with Gasteiger partial charge >= 0.3 is 0 Å². The van der Waals surface area contributed by atoms with E-state index in [4.69, 9.17) is 6.42 Å². The minimum Gasteiger partial charge on any atom is -0.508 e. The molecule has 0 aliphatic carbocycles. The summed E-state index contributed by atoms with van der Waals surface area (Å²) in [5, 5.41) is 19.8. The monoisotopic (exact) mass is 455 g/mol. The van der Waals surface area contributed by atoms with Gasteiger partial charge in [0.2, 0.25) is 0 Å². The molecule has 0 bridgehead atoms. The zero-order chi connectivity index (χ0) is 24.3. The molecule has 1 heterocycles. The van der Waals surface area contributed by atoms with Gasteiger partial charge in [0.05, 0.1) is 0 Å². The van der Waals surface area contributed by atoms with Crippen LogP contribution in [-0.2, 0) is 0 Å². The van der Waals surface area contributed by atoms with Crippen LogP contribution in [0.15, 0.2) is 77.9 Å². The maximum atomic E-state index is 10.2. The molecule has 0 spiro atoms. The highest BCUT2D eigenvalue weighted by atomic mass is 16.3. The van der Waals surface area contributed by atoms with Crippen LogP contribution in [0.1, 0.15) is 62.1 Å².